The van der Waals surface area contributed by atoms with Gasteiger partial charge >= 0.3 is 0 Å². The molecule has 0 saturated heterocycles. The number of hydrogen-bond donors (Lipinski definition) is 0. The molecule has 3 rings (SSSR count). The average molecular weight is 268 g/mol. The Bertz CT molecular complexity index is 651. The van der Waals surface area contributed by atoms with E-state index in [0.717, 1.165) is 16.8 Å². The van der Waals surface area contributed by atoms with Gasteiger partial charge in [-0.25, -0.2) is 0 Å². The largest absolute Gasteiger partial charge is 0.387 e. The van der Waals surface area contributed by atoms with Gasteiger partial charge in [0.15, 0.2) is 6.10 Å². The lowest BCUT2D eigenvalue weighted by Gasteiger charge is -2.07. The first-order valence-corrected chi connectivity index (χ1v) is 6.26. The predicted octanol–water partition coefficient (Wildman–Crippen LogP) is 3.46. The van der Waals surface area contributed by atoms with Crippen molar-refractivity contribution in [2.75, 3.05) is 0 Å². The van der Waals surface area contributed by atoms with Crippen molar-refractivity contribution in [1.29, 1.82) is 0 Å². The van der Waals surface area contributed by atoms with E-state index in [1.165, 1.54) is 12.1 Å². The number of hydrogen-bond acceptors (Lipinski definition) is 4. The molecular formula is C15H12N2O3. The fourth-order valence-corrected chi connectivity index (χ4v) is 2.17. The van der Waals surface area contributed by atoms with Crippen molar-refractivity contribution >= 4 is 11.4 Å². The standard InChI is InChI=1S/C15H12N2O3/c18-17(19)13-8-6-11(7-9-13)14-10-15(20-16-14)12-4-2-1-3-5-12/h1-9,15H,10H2. The third-order valence-electron chi connectivity index (χ3n) is 3.25. The molecule has 0 saturated carbocycles. The molecule has 20 heavy (non-hydrogen) atoms. The van der Waals surface area contributed by atoms with Crippen molar-refractivity contribution in [3.63, 3.8) is 0 Å². The molecule has 0 fully saturated rings. The van der Waals surface area contributed by atoms with Gasteiger partial charge in [-0.15, -0.1) is 0 Å². The van der Waals surface area contributed by atoms with Crippen LogP contribution in [0, 0.1) is 10.1 Å². The second-order valence-corrected chi connectivity index (χ2v) is 4.55. The van der Waals surface area contributed by atoms with Gasteiger partial charge in [-0.3, -0.25) is 10.1 Å². The third kappa shape index (κ3) is 2.38. The number of nitrogens with zero attached hydrogens (tertiary/aromatic N) is 2. The maximum Gasteiger partial charge on any atom is 0.269 e. The summed E-state index contributed by atoms with van der Waals surface area (Å²) in [6.07, 6.45) is 0.586. The first-order valence-electron chi connectivity index (χ1n) is 6.26. The van der Waals surface area contributed by atoms with Crippen LogP contribution in [0.4, 0.5) is 5.69 Å². The Labute approximate surface area is 115 Å². The molecule has 0 radical (unpaired) electrons. The zero-order valence-corrected chi connectivity index (χ0v) is 10.6. The third-order valence-corrected chi connectivity index (χ3v) is 3.25. The van der Waals surface area contributed by atoms with Gasteiger partial charge in [-0.05, 0) is 23.3 Å². The van der Waals surface area contributed by atoms with Crippen LogP contribution in [0.2, 0.25) is 0 Å². The van der Waals surface area contributed by atoms with E-state index in [1.54, 1.807) is 12.1 Å². The Hall–Kier alpha value is -2.69. The van der Waals surface area contributed by atoms with Crippen LogP contribution in [0.15, 0.2) is 59.8 Å². The van der Waals surface area contributed by atoms with E-state index in [9.17, 15) is 10.1 Å². The number of oxime groups is 1. The zero-order chi connectivity index (χ0) is 13.9. The highest BCUT2D eigenvalue weighted by molar-refractivity contribution is 6.01. The molecule has 2 aromatic carbocycles. The van der Waals surface area contributed by atoms with E-state index in [0.29, 0.717) is 6.42 Å². The molecule has 1 aliphatic heterocycles. The van der Waals surface area contributed by atoms with E-state index < -0.39 is 4.92 Å². The van der Waals surface area contributed by atoms with Crippen molar-refractivity contribution in [2.45, 2.75) is 12.5 Å². The minimum Gasteiger partial charge on any atom is -0.387 e. The summed E-state index contributed by atoms with van der Waals surface area (Å²) in [5.41, 5.74) is 2.82. The average Bonchev–Trinajstić information content (AvgIpc) is 2.98. The molecule has 0 spiro atoms. The molecule has 1 atom stereocenters. The molecule has 0 aliphatic carbocycles. The van der Waals surface area contributed by atoms with Gasteiger partial charge in [-0.2, -0.15) is 0 Å². The van der Waals surface area contributed by atoms with Crippen LogP contribution >= 0.6 is 0 Å². The summed E-state index contributed by atoms with van der Waals surface area (Å²) < 4.78 is 0. The first-order chi connectivity index (χ1) is 9.74. The summed E-state index contributed by atoms with van der Waals surface area (Å²) in [6, 6.07) is 16.2. The van der Waals surface area contributed by atoms with E-state index >= 15 is 0 Å². The second kappa shape index (κ2) is 5.13. The lowest BCUT2D eigenvalue weighted by molar-refractivity contribution is -0.384. The quantitative estimate of drug-likeness (QED) is 0.632. The lowest BCUT2D eigenvalue weighted by atomic mass is 10.0. The normalized spacial score (nSPS) is 17.4. The van der Waals surface area contributed by atoms with Crippen LogP contribution < -0.4 is 0 Å². The number of nitro groups is 1. The maximum atomic E-state index is 10.6. The van der Waals surface area contributed by atoms with Gasteiger partial charge in [0.05, 0.1) is 10.6 Å². The van der Waals surface area contributed by atoms with Crippen LogP contribution in [0.1, 0.15) is 23.7 Å². The summed E-state index contributed by atoms with van der Waals surface area (Å²) in [4.78, 5) is 15.6. The predicted molar refractivity (Wildman–Crippen MR) is 74.5 cm³/mol. The van der Waals surface area contributed by atoms with Crippen molar-refractivity contribution < 1.29 is 9.76 Å². The summed E-state index contributed by atoms with van der Waals surface area (Å²) in [6.45, 7) is 0. The van der Waals surface area contributed by atoms with E-state index in [2.05, 4.69) is 5.16 Å². The van der Waals surface area contributed by atoms with Crippen LogP contribution in [0.3, 0.4) is 0 Å². The monoisotopic (exact) mass is 268 g/mol. The van der Waals surface area contributed by atoms with Crippen molar-refractivity contribution in [3.8, 4) is 0 Å². The number of rotatable bonds is 3. The maximum absolute atomic E-state index is 10.6. The molecule has 5 nitrogen and oxygen atoms in total. The highest BCUT2D eigenvalue weighted by Gasteiger charge is 2.23. The van der Waals surface area contributed by atoms with Gasteiger partial charge in [-0.1, -0.05) is 35.5 Å². The minimum atomic E-state index is -0.413. The number of benzene rings is 2. The molecule has 1 heterocycles. The summed E-state index contributed by atoms with van der Waals surface area (Å²) in [5, 5.41) is 14.7. The van der Waals surface area contributed by atoms with Crippen LogP contribution in [-0.4, -0.2) is 10.6 Å². The highest BCUT2D eigenvalue weighted by Crippen LogP contribution is 2.29. The lowest BCUT2D eigenvalue weighted by Crippen LogP contribution is -2.01. The fraction of sp³-hybridized carbons (Fsp3) is 0.133. The van der Waals surface area contributed by atoms with E-state index in [4.69, 9.17) is 4.84 Å². The summed E-state index contributed by atoms with van der Waals surface area (Å²) in [5.74, 6) is 0. The SMILES string of the molecule is O=[N+]([O-])c1ccc(C2=NOC(c3ccccc3)C2)cc1. The first kappa shape index (κ1) is 12.3. The van der Waals surface area contributed by atoms with Gasteiger partial charge in [0, 0.05) is 18.6 Å². The van der Waals surface area contributed by atoms with Gasteiger partial charge in [0.25, 0.3) is 5.69 Å². The smallest absolute Gasteiger partial charge is 0.269 e. The Morgan fingerprint density at radius 1 is 1.10 bits per heavy atom. The van der Waals surface area contributed by atoms with Crippen molar-refractivity contribution in [3.05, 3.63) is 75.8 Å². The molecule has 1 unspecified atom stereocenters. The van der Waals surface area contributed by atoms with Crippen molar-refractivity contribution in [2.24, 2.45) is 5.16 Å². The molecule has 0 bridgehead atoms. The molecule has 0 N–H and O–H groups in total. The van der Waals surface area contributed by atoms with Crippen LogP contribution in [-0.2, 0) is 4.84 Å². The highest BCUT2D eigenvalue weighted by atomic mass is 16.6. The van der Waals surface area contributed by atoms with Gasteiger partial charge in [0.1, 0.15) is 0 Å². The number of non-ortho nitro benzene ring substituents is 1. The number of nitro benzene ring substituents is 1. The molecule has 5 heteroatoms. The fourth-order valence-electron chi connectivity index (χ4n) is 2.17. The van der Waals surface area contributed by atoms with Crippen LogP contribution in [0.5, 0.6) is 0 Å². The van der Waals surface area contributed by atoms with Gasteiger partial charge < -0.3 is 4.84 Å². The molecular weight excluding hydrogens is 256 g/mol. The Morgan fingerprint density at radius 2 is 1.80 bits per heavy atom. The zero-order valence-electron chi connectivity index (χ0n) is 10.6. The Balaban J connectivity index is 1.75. The second-order valence-electron chi connectivity index (χ2n) is 4.55. The molecule has 1 aliphatic rings. The molecule has 0 amide bonds. The van der Waals surface area contributed by atoms with Crippen molar-refractivity contribution in [1.82, 2.24) is 0 Å². The topological polar surface area (TPSA) is 64.7 Å². The Morgan fingerprint density at radius 3 is 2.45 bits per heavy atom. The molecule has 100 valence electrons. The minimum absolute atomic E-state index is 0.0767. The van der Waals surface area contributed by atoms with Gasteiger partial charge in [0.2, 0.25) is 0 Å². The van der Waals surface area contributed by atoms with Crippen LogP contribution in [0.25, 0.3) is 0 Å². The van der Waals surface area contributed by atoms with E-state index in [1.807, 2.05) is 30.3 Å². The molecule has 2 aromatic rings. The van der Waals surface area contributed by atoms with E-state index in [-0.39, 0.29) is 11.8 Å². The Kier molecular flexibility index (Phi) is 3.16. The summed E-state index contributed by atoms with van der Waals surface area (Å²) >= 11 is 0. The summed E-state index contributed by atoms with van der Waals surface area (Å²) in [7, 11) is 0. The molecule has 0 aromatic heterocycles.